The van der Waals surface area contributed by atoms with Gasteiger partial charge in [0.2, 0.25) is 0 Å². The number of thioether (sulfide) groups is 1. The minimum absolute atomic E-state index is 0.0193. The van der Waals surface area contributed by atoms with Gasteiger partial charge >= 0.3 is 0 Å². The molecule has 0 aliphatic rings. The maximum atomic E-state index is 12.9. The Bertz CT molecular complexity index is 308. The van der Waals surface area contributed by atoms with Crippen LogP contribution in [0.1, 0.15) is 0 Å². The molecule has 1 aromatic rings. The van der Waals surface area contributed by atoms with Crippen molar-refractivity contribution in [2.45, 2.75) is 4.90 Å². The molecule has 72 valence electrons. The Morgan fingerprint density at radius 2 is 2.23 bits per heavy atom. The van der Waals surface area contributed by atoms with Crippen LogP contribution >= 0.6 is 23.4 Å². The van der Waals surface area contributed by atoms with E-state index >= 15 is 0 Å². The lowest BCUT2D eigenvalue weighted by Gasteiger charge is -2.05. The van der Waals surface area contributed by atoms with E-state index in [9.17, 15) is 4.39 Å². The van der Waals surface area contributed by atoms with E-state index in [1.165, 1.54) is 23.9 Å². The fraction of sp³-hybridized carbons (Fsp3) is 0.250. The molecule has 5 heteroatoms. The molecule has 0 amide bonds. The summed E-state index contributed by atoms with van der Waals surface area (Å²) in [7, 11) is 0. The summed E-state index contributed by atoms with van der Waals surface area (Å²) in [5.74, 6) is 0.00181. The molecule has 1 rings (SSSR count). The molecule has 2 nitrogen and oxygen atoms in total. The first-order chi connectivity index (χ1) is 6.15. The number of rotatable bonds is 3. The standard InChI is InChI=1S/C8H9ClFNOS/c9-5-3-7(11)8(4-6(5)10)13-2-1-12/h3-4,12H,1-2,11H2. The fourth-order valence-corrected chi connectivity index (χ4v) is 1.72. The van der Waals surface area contributed by atoms with Gasteiger partial charge in [0.05, 0.1) is 11.6 Å². The first-order valence-corrected chi connectivity index (χ1v) is 4.99. The summed E-state index contributed by atoms with van der Waals surface area (Å²) in [6, 6.07) is 2.65. The van der Waals surface area contributed by atoms with E-state index in [0.717, 1.165) is 0 Å². The van der Waals surface area contributed by atoms with E-state index in [-0.39, 0.29) is 11.6 Å². The van der Waals surface area contributed by atoms with Crippen LogP contribution in [0.5, 0.6) is 0 Å². The SMILES string of the molecule is Nc1cc(Cl)c(F)cc1SCCO. The highest BCUT2D eigenvalue weighted by molar-refractivity contribution is 7.99. The molecule has 0 unspecified atom stereocenters. The van der Waals surface area contributed by atoms with Gasteiger partial charge in [-0.1, -0.05) is 11.6 Å². The fourth-order valence-electron chi connectivity index (χ4n) is 0.825. The quantitative estimate of drug-likeness (QED) is 0.607. The summed E-state index contributed by atoms with van der Waals surface area (Å²) in [5, 5.41) is 8.58. The predicted octanol–water partition coefficient (Wildman–Crippen LogP) is 2.15. The molecule has 0 saturated carbocycles. The number of benzene rings is 1. The van der Waals surface area contributed by atoms with Gasteiger partial charge in [-0.2, -0.15) is 0 Å². The van der Waals surface area contributed by atoms with Crippen LogP contribution in [0, 0.1) is 5.82 Å². The molecular formula is C8H9ClFNOS. The second-order valence-electron chi connectivity index (χ2n) is 2.38. The molecule has 0 saturated heterocycles. The van der Waals surface area contributed by atoms with Gasteiger partial charge < -0.3 is 10.8 Å². The maximum absolute atomic E-state index is 12.9. The lowest BCUT2D eigenvalue weighted by Crippen LogP contribution is -1.93. The molecule has 0 bridgehead atoms. The summed E-state index contributed by atoms with van der Waals surface area (Å²) in [4.78, 5) is 0.607. The second kappa shape index (κ2) is 4.69. The second-order valence-corrected chi connectivity index (χ2v) is 3.92. The minimum Gasteiger partial charge on any atom is -0.398 e. The third-order valence-electron chi connectivity index (χ3n) is 1.40. The van der Waals surface area contributed by atoms with Crippen LogP contribution in [0.2, 0.25) is 5.02 Å². The van der Waals surface area contributed by atoms with E-state index in [4.69, 9.17) is 22.4 Å². The van der Waals surface area contributed by atoms with Crippen molar-refractivity contribution in [1.29, 1.82) is 0 Å². The van der Waals surface area contributed by atoms with Crippen LogP contribution in [0.3, 0.4) is 0 Å². The van der Waals surface area contributed by atoms with Crippen LogP contribution in [-0.4, -0.2) is 17.5 Å². The monoisotopic (exact) mass is 221 g/mol. The summed E-state index contributed by atoms with van der Waals surface area (Å²) in [5.41, 5.74) is 6.01. The lowest BCUT2D eigenvalue weighted by molar-refractivity contribution is 0.322. The number of anilines is 1. The van der Waals surface area contributed by atoms with E-state index in [1.807, 2.05) is 0 Å². The first-order valence-electron chi connectivity index (χ1n) is 3.63. The molecule has 0 aliphatic heterocycles. The number of nitrogen functional groups attached to an aromatic ring is 1. The summed E-state index contributed by atoms with van der Waals surface area (Å²) < 4.78 is 12.9. The van der Waals surface area contributed by atoms with Crippen LogP contribution in [0.4, 0.5) is 10.1 Å². The average molecular weight is 222 g/mol. The summed E-state index contributed by atoms with van der Waals surface area (Å²) >= 11 is 6.80. The zero-order chi connectivity index (χ0) is 9.84. The Kier molecular flexibility index (Phi) is 3.84. The van der Waals surface area contributed by atoms with Gasteiger partial charge in [-0.05, 0) is 12.1 Å². The Hall–Kier alpha value is -0.450. The Morgan fingerprint density at radius 3 is 2.85 bits per heavy atom. The zero-order valence-electron chi connectivity index (χ0n) is 6.76. The van der Waals surface area contributed by atoms with Crippen molar-refractivity contribution in [1.82, 2.24) is 0 Å². The van der Waals surface area contributed by atoms with Crippen LogP contribution < -0.4 is 5.73 Å². The van der Waals surface area contributed by atoms with Crippen molar-refractivity contribution in [2.24, 2.45) is 0 Å². The van der Waals surface area contributed by atoms with Gasteiger partial charge in [0.1, 0.15) is 5.82 Å². The number of halogens is 2. The average Bonchev–Trinajstić information content (AvgIpc) is 2.09. The normalized spacial score (nSPS) is 10.4. The topological polar surface area (TPSA) is 46.2 Å². The Morgan fingerprint density at radius 1 is 1.54 bits per heavy atom. The minimum atomic E-state index is -0.490. The largest absolute Gasteiger partial charge is 0.398 e. The van der Waals surface area contributed by atoms with Crippen molar-refractivity contribution in [3.63, 3.8) is 0 Å². The van der Waals surface area contributed by atoms with Gasteiger partial charge in [0.25, 0.3) is 0 Å². The molecule has 1 aromatic carbocycles. The predicted molar refractivity (Wildman–Crippen MR) is 53.6 cm³/mol. The van der Waals surface area contributed by atoms with E-state index < -0.39 is 5.82 Å². The van der Waals surface area contributed by atoms with Crippen LogP contribution in [0.15, 0.2) is 17.0 Å². The Labute approximate surface area is 84.9 Å². The highest BCUT2D eigenvalue weighted by Gasteiger charge is 2.05. The van der Waals surface area contributed by atoms with Crippen LogP contribution in [0.25, 0.3) is 0 Å². The number of nitrogens with two attached hydrogens (primary N) is 1. The molecule has 3 N–H and O–H groups in total. The van der Waals surface area contributed by atoms with Gasteiger partial charge in [-0.25, -0.2) is 4.39 Å². The summed E-state index contributed by atoms with van der Waals surface area (Å²) in [6.45, 7) is 0.0361. The number of hydrogen-bond acceptors (Lipinski definition) is 3. The zero-order valence-corrected chi connectivity index (χ0v) is 8.33. The van der Waals surface area contributed by atoms with E-state index in [2.05, 4.69) is 0 Å². The van der Waals surface area contributed by atoms with Gasteiger partial charge in [0.15, 0.2) is 0 Å². The third kappa shape index (κ3) is 2.76. The molecule has 0 radical (unpaired) electrons. The molecule has 0 aliphatic carbocycles. The molecule has 0 spiro atoms. The van der Waals surface area contributed by atoms with Crippen molar-refractivity contribution >= 4 is 29.1 Å². The molecule has 0 heterocycles. The van der Waals surface area contributed by atoms with Gasteiger partial charge in [0, 0.05) is 16.3 Å². The number of hydrogen-bond donors (Lipinski definition) is 2. The van der Waals surface area contributed by atoms with Crippen molar-refractivity contribution in [3.8, 4) is 0 Å². The molecule has 0 aromatic heterocycles. The summed E-state index contributed by atoms with van der Waals surface area (Å²) in [6.07, 6.45) is 0. The smallest absolute Gasteiger partial charge is 0.143 e. The number of aliphatic hydroxyl groups excluding tert-OH is 1. The molecule has 0 atom stereocenters. The van der Waals surface area contributed by atoms with Crippen molar-refractivity contribution in [3.05, 3.63) is 23.0 Å². The van der Waals surface area contributed by atoms with Gasteiger partial charge in [-0.3, -0.25) is 0 Å². The van der Waals surface area contributed by atoms with Crippen molar-refractivity contribution < 1.29 is 9.50 Å². The lowest BCUT2D eigenvalue weighted by atomic mass is 10.3. The maximum Gasteiger partial charge on any atom is 0.143 e. The first kappa shape index (κ1) is 10.6. The third-order valence-corrected chi connectivity index (χ3v) is 2.74. The Balaban J connectivity index is 2.88. The molecular weight excluding hydrogens is 213 g/mol. The van der Waals surface area contributed by atoms with E-state index in [1.54, 1.807) is 0 Å². The number of aliphatic hydroxyl groups is 1. The highest BCUT2D eigenvalue weighted by Crippen LogP contribution is 2.29. The highest BCUT2D eigenvalue weighted by atomic mass is 35.5. The van der Waals surface area contributed by atoms with Gasteiger partial charge in [-0.15, -0.1) is 11.8 Å². The van der Waals surface area contributed by atoms with Crippen molar-refractivity contribution in [2.75, 3.05) is 18.1 Å². The molecule has 0 fully saturated rings. The molecule has 13 heavy (non-hydrogen) atoms. The van der Waals surface area contributed by atoms with E-state index in [0.29, 0.717) is 16.3 Å². The van der Waals surface area contributed by atoms with Crippen LogP contribution in [-0.2, 0) is 0 Å².